The summed E-state index contributed by atoms with van der Waals surface area (Å²) in [6, 6.07) is 0. The Morgan fingerprint density at radius 3 is 2.88 bits per heavy atom. The summed E-state index contributed by atoms with van der Waals surface area (Å²) in [7, 11) is 0. The summed E-state index contributed by atoms with van der Waals surface area (Å²) in [5, 5.41) is 17.7. The molecule has 0 amide bonds. The lowest BCUT2D eigenvalue weighted by Gasteiger charge is -2.12. The number of aromatic amines is 1. The minimum Gasteiger partial charge on any atom is -0.395 e. The van der Waals surface area contributed by atoms with E-state index in [0.717, 1.165) is 10.8 Å². The molecule has 1 saturated heterocycles. The number of thioether (sulfide) groups is 1. The number of hydrogen-bond donors (Lipinski definition) is 3. The lowest BCUT2D eigenvalue weighted by Crippen LogP contribution is -2.32. The first-order valence-corrected chi connectivity index (χ1v) is 5.92. The molecular weight excluding hydrogens is 251 g/mol. The predicted octanol–water partition coefficient (Wildman–Crippen LogP) is -0.967. The average Bonchev–Trinajstić information content (AvgIpc) is 2.65. The molecule has 0 radical (unpaired) electrons. The summed E-state index contributed by atoms with van der Waals surface area (Å²) in [5.41, 5.74) is -1.78. The summed E-state index contributed by atoms with van der Waals surface area (Å²) in [4.78, 5) is 24.2. The molecule has 3 atom stereocenters. The number of nitrogens with zero attached hydrogens (tertiary/aromatic N) is 1. The average molecular weight is 262 g/mol. The Morgan fingerprint density at radius 1 is 1.59 bits per heavy atom. The molecule has 1 aliphatic heterocycles. The molecule has 2 rings (SSSR count). The molecule has 3 N–H and O–H groups in total. The normalized spacial score (nSPS) is 28.5. The van der Waals surface area contributed by atoms with Crippen LogP contribution in [0.4, 0.5) is 4.39 Å². The van der Waals surface area contributed by atoms with Crippen molar-refractivity contribution in [1.82, 2.24) is 9.55 Å². The number of aromatic nitrogens is 2. The van der Waals surface area contributed by atoms with Gasteiger partial charge in [0.2, 0.25) is 5.82 Å². The van der Waals surface area contributed by atoms with E-state index < -0.39 is 33.8 Å². The minimum absolute atomic E-state index is 0.219. The second-order valence-electron chi connectivity index (χ2n) is 3.76. The van der Waals surface area contributed by atoms with E-state index in [2.05, 4.69) is 0 Å². The molecule has 1 aromatic rings. The van der Waals surface area contributed by atoms with Gasteiger partial charge in [0.1, 0.15) is 0 Å². The zero-order valence-corrected chi connectivity index (χ0v) is 9.48. The van der Waals surface area contributed by atoms with Gasteiger partial charge in [0.15, 0.2) is 0 Å². The predicted molar refractivity (Wildman–Crippen MR) is 59.4 cm³/mol. The highest BCUT2D eigenvalue weighted by Gasteiger charge is 2.34. The van der Waals surface area contributed by atoms with Gasteiger partial charge in [0, 0.05) is 6.42 Å². The third kappa shape index (κ3) is 2.28. The molecule has 1 aromatic heterocycles. The second kappa shape index (κ2) is 4.63. The maximum absolute atomic E-state index is 13.1. The summed E-state index contributed by atoms with van der Waals surface area (Å²) < 4.78 is 14.1. The van der Waals surface area contributed by atoms with Gasteiger partial charge in [0.25, 0.3) is 5.56 Å². The first-order chi connectivity index (χ1) is 8.02. The molecule has 0 unspecified atom stereocenters. The SMILES string of the molecule is O=c1[nH]c(=O)n([C@@H]2C[C@H](O)[C@@H](CO)S2)cc1F. The van der Waals surface area contributed by atoms with Gasteiger partial charge in [-0.2, -0.15) is 4.39 Å². The highest BCUT2D eigenvalue weighted by molar-refractivity contribution is 8.00. The highest BCUT2D eigenvalue weighted by Crippen LogP contribution is 2.40. The fourth-order valence-electron chi connectivity index (χ4n) is 1.72. The third-order valence-corrected chi connectivity index (χ3v) is 4.17. The number of rotatable bonds is 2. The zero-order valence-electron chi connectivity index (χ0n) is 8.67. The van der Waals surface area contributed by atoms with Crippen molar-refractivity contribution in [2.45, 2.75) is 23.1 Å². The third-order valence-electron chi connectivity index (χ3n) is 2.62. The van der Waals surface area contributed by atoms with Crippen LogP contribution in [-0.2, 0) is 0 Å². The fourth-order valence-corrected chi connectivity index (χ4v) is 3.10. The maximum atomic E-state index is 13.1. The number of nitrogens with one attached hydrogen (secondary N) is 1. The van der Waals surface area contributed by atoms with Crippen LogP contribution in [0.3, 0.4) is 0 Å². The van der Waals surface area contributed by atoms with Crippen molar-refractivity contribution in [2.24, 2.45) is 0 Å². The monoisotopic (exact) mass is 262 g/mol. The van der Waals surface area contributed by atoms with E-state index >= 15 is 0 Å². The van der Waals surface area contributed by atoms with Gasteiger partial charge in [-0.05, 0) is 0 Å². The zero-order chi connectivity index (χ0) is 12.6. The van der Waals surface area contributed by atoms with Gasteiger partial charge >= 0.3 is 5.69 Å². The summed E-state index contributed by atoms with van der Waals surface area (Å²) in [6.45, 7) is -0.219. The first kappa shape index (κ1) is 12.3. The van der Waals surface area contributed by atoms with Gasteiger partial charge in [-0.3, -0.25) is 14.3 Å². The van der Waals surface area contributed by atoms with Crippen LogP contribution in [0.5, 0.6) is 0 Å². The summed E-state index contributed by atoms with van der Waals surface area (Å²) >= 11 is 1.17. The summed E-state index contributed by atoms with van der Waals surface area (Å²) in [5.74, 6) is -1.05. The van der Waals surface area contributed by atoms with Gasteiger partial charge in [-0.1, -0.05) is 0 Å². The molecule has 0 bridgehead atoms. The van der Waals surface area contributed by atoms with E-state index in [0.29, 0.717) is 0 Å². The quantitative estimate of drug-likeness (QED) is 0.637. The lowest BCUT2D eigenvalue weighted by molar-refractivity contribution is 0.137. The van der Waals surface area contributed by atoms with Crippen LogP contribution >= 0.6 is 11.8 Å². The van der Waals surface area contributed by atoms with Crippen molar-refractivity contribution in [3.63, 3.8) is 0 Å². The van der Waals surface area contributed by atoms with Gasteiger partial charge in [-0.25, -0.2) is 4.79 Å². The first-order valence-electron chi connectivity index (χ1n) is 4.98. The van der Waals surface area contributed by atoms with E-state index in [9.17, 15) is 19.1 Å². The smallest absolute Gasteiger partial charge is 0.329 e. The minimum atomic E-state index is -1.06. The molecule has 8 heteroatoms. The fraction of sp³-hybridized carbons (Fsp3) is 0.556. The van der Waals surface area contributed by atoms with E-state index in [1.54, 1.807) is 0 Å². The van der Waals surface area contributed by atoms with Gasteiger partial charge in [0.05, 0.1) is 29.5 Å². The molecule has 17 heavy (non-hydrogen) atoms. The van der Waals surface area contributed by atoms with Gasteiger partial charge in [-0.15, -0.1) is 11.8 Å². The Kier molecular flexibility index (Phi) is 3.36. The van der Waals surface area contributed by atoms with E-state index in [1.807, 2.05) is 4.98 Å². The number of hydrogen-bond acceptors (Lipinski definition) is 5. The molecule has 1 fully saturated rings. The highest BCUT2D eigenvalue weighted by atomic mass is 32.2. The van der Waals surface area contributed by atoms with Crippen molar-refractivity contribution in [3.8, 4) is 0 Å². The lowest BCUT2D eigenvalue weighted by atomic mass is 10.2. The molecule has 0 aromatic carbocycles. The van der Waals surface area contributed by atoms with E-state index in [1.165, 1.54) is 11.8 Å². The molecule has 1 aliphatic rings. The van der Waals surface area contributed by atoms with Crippen molar-refractivity contribution >= 4 is 11.8 Å². The maximum Gasteiger partial charge on any atom is 0.329 e. The molecule has 0 spiro atoms. The summed E-state index contributed by atoms with van der Waals surface area (Å²) in [6.07, 6.45) is 0.295. The number of halogens is 1. The largest absolute Gasteiger partial charge is 0.395 e. The van der Waals surface area contributed by atoms with Crippen LogP contribution in [0, 0.1) is 5.82 Å². The standard InChI is InChI=1S/C9H11FN2O4S/c10-4-2-12(9(16)11-8(4)15)7-1-5(14)6(3-13)17-7/h2,5-7,13-14H,1,3H2,(H,11,15,16)/t5-,6+,7-/m0/s1. The van der Waals surface area contributed by atoms with Crippen LogP contribution < -0.4 is 11.2 Å². The van der Waals surface area contributed by atoms with Gasteiger partial charge < -0.3 is 10.2 Å². The van der Waals surface area contributed by atoms with Crippen LogP contribution in [0.1, 0.15) is 11.8 Å². The number of aliphatic hydroxyl groups is 2. The number of aliphatic hydroxyl groups excluding tert-OH is 2. The number of H-pyrrole nitrogens is 1. The molecule has 2 heterocycles. The van der Waals surface area contributed by atoms with Crippen molar-refractivity contribution in [2.75, 3.05) is 6.61 Å². The Hall–Kier alpha value is -1.12. The van der Waals surface area contributed by atoms with Crippen LogP contribution in [0.25, 0.3) is 0 Å². The molecule has 94 valence electrons. The van der Waals surface area contributed by atoms with E-state index in [4.69, 9.17) is 5.11 Å². The van der Waals surface area contributed by atoms with Crippen molar-refractivity contribution < 1.29 is 14.6 Å². The Balaban J connectivity index is 2.34. The molecule has 0 aliphatic carbocycles. The van der Waals surface area contributed by atoms with Crippen LogP contribution in [-0.4, -0.2) is 37.7 Å². The Morgan fingerprint density at radius 2 is 2.29 bits per heavy atom. The Bertz CT molecular complexity index is 528. The molecule has 0 saturated carbocycles. The topological polar surface area (TPSA) is 95.3 Å². The Labute approximate surface area is 99.1 Å². The van der Waals surface area contributed by atoms with Crippen LogP contribution in [0.15, 0.2) is 15.8 Å². The molecular formula is C9H11FN2O4S. The van der Waals surface area contributed by atoms with Crippen LogP contribution in [0.2, 0.25) is 0 Å². The second-order valence-corrected chi connectivity index (χ2v) is 5.18. The van der Waals surface area contributed by atoms with Crippen molar-refractivity contribution in [3.05, 3.63) is 32.9 Å². The van der Waals surface area contributed by atoms with E-state index in [-0.39, 0.29) is 13.0 Å². The van der Waals surface area contributed by atoms with Crippen molar-refractivity contribution in [1.29, 1.82) is 0 Å². The molecule has 6 nitrogen and oxygen atoms in total.